The van der Waals surface area contributed by atoms with Crippen LogP contribution in [-0.2, 0) is 6.18 Å². The summed E-state index contributed by atoms with van der Waals surface area (Å²) in [7, 11) is 0. The van der Waals surface area contributed by atoms with E-state index in [1.807, 2.05) is 0 Å². The minimum atomic E-state index is -4.60. The van der Waals surface area contributed by atoms with E-state index in [0.29, 0.717) is 24.8 Å². The molecule has 0 fully saturated rings. The molecule has 0 aliphatic carbocycles. The zero-order valence-corrected chi connectivity index (χ0v) is 13.3. The first-order chi connectivity index (χ1) is 11.4. The molecule has 130 valence electrons. The summed E-state index contributed by atoms with van der Waals surface area (Å²) in [5, 5.41) is 0. The minimum Gasteiger partial charge on any atom is -0.477 e. The van der Waals surface area contributed by atoms with Gasteiger partial charge in [0.2, 0.25) is 11.8 Å². The van der Waals surface area contributed by atoms with E-state index < -0.39 is 23.4 Å². The molecule has 2 rings (SSSR count). The third-order valence-corrected chi connectivity index (χ3v) is 3.19. The van der Waals surface area contributed by atoms with Gasteiger partial charge in [0.05, 0.1) is 6.61 Å². The van der Waals surface area contributed by atoms with E-state index in [2.05, 4.69) is 9.97 Å². The third kappa shape index (κ3) is 4.12. The Labute approximate surface area is 137 Å². The SMILES string of the molecule is CCCOc1nc(N(CC)c2ccc(F)cc2)ncc1C(F)(F)F. The number of benzene rings is 1. The molecule has 0 amide bonds. The number of nitrogens with zero attached hydrogens (tertiary/aromatic N) is 3. The Morgan fingerprint density at radius 3 is 2.33 bits per heavy atom. The Morgan fingerprint density at radius 2 is 1.79 bits per heavy atom. The molecule has 4 nitrogen and oxygen atoms in total. The number of ether oxygens (including phenoxy) is 1. The van der Waals surface area contributed by atoms with Crippen LogP contribution in [0.3, 0.4) is 0 Å². The van der Waals surface area contributed by atoms with Gasteiger partial charge in [-0.15, -0.1) is 0 Å². The lowest BCUT2D eigenvalue weighted by Gasteiger charge is -2.22. The van der Waals surface area contributed by atoms with Crippen molar-refractivity contribution in [2.45, 2.75) is 26.4 Å². The predicted molar refractivity (Wildman–Crippen MR) is 81.9 cm³/mol. The fourth-order valence-electron chi connectivity index (χ4n) is 2.05. The highest BCUT2D eigenvalue weighted by Crippen LogP contribution is 2.36. The van der Waals surface area contributed by atoms with Gasteiger partial charge in [0.1, 0.15) is 11.4 Å². The lowest BCUT2D eigenvalue weighted by atomic mass is 10.3. The first-order valence-electron chi connectivity index (χ1n) is 7.47. The van der Waals surface area contributed by atoms with Gasteiger partial charge in [0.15, 0.2) is 0 Å². The van der Waals surface area contributed by atoms with Crippen molar-refractivity contribution in [3.05, 3.63) is 41.8 Å². The van der Waals surface area contributed by atoms with Crippen LogP contribution < -0.4 is 9.64 Å². The quantitative estimate of drug-likeness (QED) is 0.720. The zero-order valence-electron chi connectivity index (χ0n) is 13.3. The lowest BCUT2D eigenvalue weighted by molar-refractivity contribution is -0.139. The van der Waals surface area contributed by atoms with Crippen molar-refractivity contribution in [1.29, 1.82) is 0 Å². The molecule has 0 radical (unpaired) electrons. The average molecular weight is 343 g/mol. The zero-order chi connectivity index (χ0) is 17.7. The molecule has 24 heavy (non-hydrogen) atoms. The van der Waals surface area contributed by atoms with Crippen LogP contribution in [0, 0.1) is 5.82 Å². The number of halogens is 4. The summed E-state index contributed by atoms with van der Waals surface area (Å²) in [5.74, 6) is -0.853. The molecule has 0 atom stereocenters. The summed E-state index contributed by atoms with van der Waals surface area (Å²) in [4.78, 5) is 9.30. The summed E-state index contributed by atoms with van der Waals surface area (Å²) in [6.07, 6.45) is -3.35. The van der Waals surface area contributed by atoms with Crippen molar-refractivity contribution in [3.63, 3.8) is 0 Å². The molecule has 1 heterocycles. The van der Waals surface area contributed by atoms with E-state index >= 15 is 0 Å². The molecule has 0 aliphatic heterocycles. The smallest absolute Gasteiger partial charge is 0.423 e. The first-order valence-corrected chi connectivity index (χ1v) is 7.47. The molecule has 0 N–H and O–H groups in total. The minimum absolute atomic E-state index is 0.0585. The average Bonchev–Trinajstić information content (AvgIpc) is 2.54. The van der Waals surface area contributed by atoms with E-state index in [1.54, 1.807) is 18.7 Å². The Bertz CT molecular complexity index is 674. The molecule has 0 spiro atoms. The molecule has 0 unspecified atom stereocenters. The standard InChI is InChI=1S/C16H17F4N3O/c1-3-9-24-14-13(16(18,19)20)10-21-15(22-14)23(4-2)12-7-5-11(17)6-8-12/h5-8,10H,3-4,9H2,1-2H3. The van der Waals surface area contributed by atoms with Crippen molar-refractivity contribution in [2.75, 3.05) is 18.1 Å². The van der Waals surface area contributed by atoms with Crippen LogP contribution in [0.5, 0.6) is 5.88 Å². The second kappa shape index (κ2) is 7.46. The van der Waals surface area contributed by atoms with Crippen molar-refractivity contribution in [2.24, 2.45) is 0 Å². The maximum atomic E-state index is 13.0. The maximum absolute atomic E-state index is 13.0. The topological polar surface area (TPSA) is 38.2 Å². The molecular formula is C16H17F4N3O. The van der Waals surface area contributed by atoms with E-state index in [1.165, 1.54) is 24.3 Å². The molecule has 8 heteroatoms. The number of hydrogen-bond donors (Lipinski definition) is 0. The second-order valence-electron chi connectivity index (χ2n) is 4.96. The van der Waals surface area contributed by atoms with Crippen molar-refractivity contribution in [1.82, 2.24) is 9.97 Å². The summed E-state index contributed by atoms with van der Waals surface area (Å²) in [6, 6.07) is 5.53. The van der Waals surface area contributed by atoms with Crippen LogP contribution in [-0.4, -0.2) is 23.1 Å². The molecule has 0 saturated heterocycles. The fourth-order valence-corrected chi connectivity index (χ4v) is 2.05. The van der Waals surface area contributed by atoms with E-state index in [-0.39, 0.29) is 12.6 Å². The van der Waals surface area contributed by atoms with Crippen molar-refractivity contribution < 1.29 is 22.3 Å². The summed E-state index contributed by atoms with van der Waals surface area (Å²) in [5.41, 5.74) is -0.449. The highest BCUT2D eigenvalue weighted by molar-refractivity contribution is 5.57. The van der Waals surface area contributed by atoms with E-state index in [9.17, 15) is 17.6 Å². The van der Waals surface area contributed by atoms with Crippen LogP contribution in [0.1, 0.15) is 25.8 Å². The van der Waals surface area contributed by atoms with Crippen LogP contribution in [0.4, 0.5) is 29.2 Å². The normalized spacial score (nSPS) is 11.4. The fraction of sp³-hybridized carbons (Fsp3) is 0.375. The molecule has 0 bridgehead atoms. The van der Waals surface area contributed by atoms with Gasteiger partial charge in [-0.2, -0.15) is 18.2 Å². The predicted octanol–water partition coefficient (Wildman–Crippen LogP) is 4.58. The molecule has 2 aromatic rings. The first kappa shape index (κ1) is 18.0. The lowest BCUT2D eigenvalue weighted by Crippen LogP contribution is -2.21. The van der Waals surface area contributed by atoms with Gasteiger partial charge in [0.25, 0.3) is 0 Å². The van der Waals surface area contributed by atoms with Crippen LogP contribution >= 0.6 is 0 Å². The third-order valence-electron chi connectivity index (χ3n) is 3.19. The second-order valence-corrected chi connectivity index (χ2v) is 4.96. The molecule has 1 aromatic carbocycles. The number of alkyl halides is 3. The highest BCUT2D eigenvalue weighted by Gasteiger charge is 2.36. The van der Waals surface area contributed by atoms with Gasteiger partial charge in [-0.3, -0.25) is 0 Å². The summed E-state index contributed by atoms with van der Waals surface area (Å²) >= 11 is 0. The Balaban J connectivity index is 2.43. The van der Waals surface area contributed by atoms with E-state index in [4.69, 9.17) is 4.74 Å². The summed E-state index contributed by atoms with van der Waals surface area (Å²) < 4.78 is 57.3. The molecule has 0 saturated carbocycles. The largest absolute Gasteiger partial charge is 0.477 e. The van der Waals surface area contributed by atoms with Gasteiger partial charge in [-0.05, 0) is 37.6 Å². The van der Waals surface area contributed by atoms with Gasteiger partial charge in [-0.25, -0.2) is 9.37 Å². The Morgan fingerprint density at radius 1 is 1.12 bits per heavy atom. The monoisotopic (exact) mass is 343 g/mol. The van der Waals surface area contributed by atoms with Crippen molar-refractivity contribution in [3.8, 4) is 5.88 Å². The molecule has 1 aromatic heterocycles. The maximum Gasteiger partial charge on any atom is 0.423 e. The Kier molecular flexibility index (Phi) is 5.58. The van der Waals surface area contributed by atoms with Crippen LogP contribution in [0.25, 0.3) is 0 Å². The van der Waals surface area contributed by atoms with Gasteiger partial charge >= 0.3 is 6.18 Å². The van der Waals surface area contributed by atoms with Crippen LogP contribution in [0.15, 0.2) is 30.5 Å². The number of rotatable bonds is 6. The van der Waals surface area contributed by atoms with Crippen molar-refractivity contribution >= 4 is 11.6 Å². The van der Waals surface area contributed by atoms with E-state index in [0.717, 1.165) is 0 Å². The Hall–Kier alpha value is -2.38. The van der Waals surface area contributed by atoms with Gasteiger partial charge < -0.3 is 9.64 Å². The molecular weight excluding hydrogens is 326 g/mol. The number of anilines is 2. The van der Waals surface area contributed by atoms with Crippen LogP contribution in [0.2, 0.25) is 0 Å². The van der Waals surface area contributed by atoms with Gasteiger partial charge in [0, 0.05) is 18.4 Å². The molecule has 0 aliphatic rings. The highest BCUT2D eigenvalue weighted by atomic mass is 19.4. The number of aromatic nitrogens is 2. The van der Waals surface area contributed by atoms with Gasteiger partial charge in [-0.1, -0.05) is 6.92 Å². The number of hydrogen-bond acceptors (Lipinski definition) is 4. The summed E-state index contributed by atoms with van der Waals surface area (Å²) in [6.45, 7) is 4.08.